The summed E-state index contributed by atoms with van der Waals surface area (Å²) in [4.78, 5) is 6.89. The van der Waals surface area contributed by atoms with E-state index in [9.17, 15) is 0 Å². The predicted molar refractivity (Wildman–Crippen MR) is 83.9 cm³/mol. The second-order valence-corrected chi connectivity index (χ2v) is 6.42. The summed E-state index contributed by atoms with van der Waals surface area (Å²) in [5.41, 5.74) is 7.56. The van der Waals surface area contributed by atoms with Crippen molar-refractivity contribution in [3.8, 4) is 0 Å². The Kier molecular flexibility index (Phi) is 4.14. The van der Waals surface area contributed by atoms with Crippen molar-refractivity contribution in [2.45, 2.75) is 31.9 Å². The van der Waals surface area contributed by atoms with Gasteiger partial charge in [-0.2, -0.15) is 0 Å². The largest absolute Gasteiger partial charge is 0.397 e. The molecule has 2 saturated heterocycles. The number of aromatic nitrogens is 1. The van der Waals surface area contributed by atoms with Crippen molar-refractivity contribution in [3.63, 3.8) is 0 Å². The van der Waals surface area contributed by atoms with E-state index in [1.807, 2.05) is 6.92 Å². The summed E-state index contributed by atoms with van der Waals surface area (Å²) in [6, 6.07) is 0.648. The molecule has 5 nitrogen and oxygen atoms in total. The molecule has 1 aromatic rings. The lowest BCUT2D eigenvalue weighted by Gasteiger charge is -2.35. The number of halogens is 1. The molecule has 2 aliphatic rings. The van der Waals surface area contributed by atoms with Crippen molar-refractivity contribution in [1.29, 1.82) is 0 Å². The zero-order valence-corrected chi connectivity index (χ0v) is 13.3. The lowest BCUT2D eigenvalue weighted by atomic mass is 10.2. The third-order valence-corrected chi connectivity index (χ3v) is 5.23. The van der Waals surface area contributed by atoms with Crippen LogP contribution in [0.25, 0.3) is 0 Å². The molecule has 3 rings (SSSR count). The number of nitrogens with zero attached hydrogens (tertiary/aromatic N) is 2. The van der Waals surface area contributed by atoms with Gasteiger partial charge >= 0.3 is 0 Å². The highest BCUT2D eigenvalue weighted by molar-refractivity contribution is 9.10. The fourth-order valence-electron chi connectivity index (χ4n) is 2.93. The molecule has 1 aromatic heterocycles. The van der Waals surface area contributed by atoms with Gasteiger partial charge in [0, 0.05) is 19.1 Å². The highest BCUT2D eigenvalue weighted by Gasteiger charge is 2.32. The third-order valence-electron chi connectivity index (χ3n) is 4.26. The van der Waals surface area contributed by atoms with Gasteiger partial charge in [-0.25, -0.2) is 4.98 Å². The van der Waals surface area contributed by atoms with Crippen LogP contribution in [0.1, 0.15) is 18.4 Å². The molecule has 3 heterocycles. The topological polar surface area (TPSA) is 63.4 Å². The van der Waals surface area contributed by atoms with Crippen LogP contribution >= 0.6 is 15.9 Å². The second kappa shape index (κ2) is 5.87. The van der Waals surface area contributed by atoms with Gasteiger partial charge < -0.3 is 15.8 Å². The number of hydrogen-bond donors (Lipinski definition) is 2. The SMILES string of the molecule is Cc1c(N)cnc(NCC2CN3CCCC3CO2)c1Br. The molecule has 2 aliphatic heterocycles. The fourth-order valence-corrected chi connectivity index (χ4v) is 3.41. The smallest absolute Gasteiger partial charge is 0.140 e. The van der Waals surface area contributed by atoms with Gasteiger partial charge in [0.15, 0.2) is 0 Å². The first-order valence-electron chi connectivity index (χ1n) is 7.15. The monoisotopic (exact) mass is 340 g/mol. The molecule has 0 spiro atoms. The van der Waals surface area contributed by atoms with E-state index in [4.69, 9.17) is 10.5 Å². The molecule has 20 heavy (non-hydrogen) atoms. The Bertz CT molecular complexity index is 496. The minimum absolute atomic E-state index is 0.232. The maximum Gasteiger partial charge on any atom is 0.140 e. The van der Waals surface area contributed by atoms with Gasteiger partial charge in [0.2, 0.25) is 0 Å². The molecule has 0 aliphatic carbocycles. The maximum atomic E-state index is 5.94. The predicted octanol–water partition coefficient (Wildman–Crippen LogP) is 2.01. The van der Waals surface area contributed by atoms with E-state index in [1.165, 1.54) is 19.4 Å². The van der Waals surface area contributed by atoms with E-state index in [-0.39, 0.29) is 6.10 Å². The number of pyridine rings is 1. The number of fused-ring (bicyclic) bond motifs is 1. The van der Waals surface area contributed by atoms with Crippen LogP contribution in [-0.4, -0.2) is 48.3 Å². The van der Waals surface area contributed by atoms with Crippen molar-refractivity contribution in [3.05, 3.63) is 16.2 Å². The van der Waals surface area contributed by atoms with Gasteiger partial charge in [0.1, 0.15) is 5.82 Å². The van der Waals surface area contributed by atoms with Gasteiger partial charge in [0.05, 0.1) is 29.1 Å². The Hall–Kier alpha value is -0.850. The van der Waals surface area contributed by atoms with Crippen molar-refractivity contribution in [2.24, 2.45) is 0 Å². The summed E-state index contributed by atoms with van der Waals surface area (Å²) < 4.78 is 6.87. The quantitative estimate of drug-likeness (QED) is 0.881. The number of morpholine rings is 1. The molecule has 2 atom stereocenters. The average molecular weight is 341 g/mol. The van der Waals surface area contributed by atoms with E-state index < -0.39 is 0 Å². The summed E-state index contributed by atoms with van der Waals surface area (Å²) in [7, 11) is 0. The Morgan fingerprint density at radius 1 is 1.60 bits per heavy atom. The Morgan fingerprint density at radius 2 is 2.45 bits per heavy atom. The minimum Gasteiger partial charge on any atom is -0.397 e. The second-order valence-electron chi connectivity index (χ2n) is 5.63. The molecule has 0 amide bonds. The Balaban J connectivity index is 1.58. The van der Waals surface area contributed by atoms with Crippen molar-refractivity contribution >= 4 is 27.4 Å². The van der Waals surface area contributed by atoms with Gasteiger partial charge in [0.25, 0.3) is 0 Å². The average Bonchev–Trinajstić information content (AvgIpc) is 2.91. The van der Waals surface area contributed by atoms with E-state index in [0.29, 0.717) is 11.7 Å². The number of ether oxygens (including phenoxy) is 1. The van der Waals surface area contributed by atoms with Crippen molar-refractivity contribution in [2.75, 3.05) is 37.3 Å². The highest BCUT2D eigenvalue weighted by atomic mass is 79.9. The van der Waals surface area contributed by atoms with Crippen molar-refractivity contribution < 1.29 is 4.74 Å². The standard InChI is InChI=1S/C14H21BrN4O/c1-9-12(16)6-18-14(13(9)15)17-5-11-7-19-4-2-3-10(19)8-20-11/h6,10-11H,2-5,7-8,16H2,1H3,(H,17,18). The van der Waals surface area contributed by atoms with E-state index in [0.717, 1.165) is 35.6 Å². The van der Waals surface area contributed by atoms with E-state index >= 15 is 0 Å². The highest BCUT2D eigenvalue weighted by Crippen LogP contribution is 2.28. The van der Waals surface area contributed by atoms with Gasteiger partial charge in [-0.3, -0.25) is 4.90 Å². The molecule has 2 fully saturated rings. The lowest BCUT2D eigenvalue weighted by Crippen LogP contribution is -2.48. The van der Waals surface area contributed by atoms with Gasteiger partial charge in [-0.05, 0) is 47.8 Å². The summed E-state index contributed by atoms with van der Waals surface area (Å²) in [5, 5.41) is 3.37. The number of nitrogen functional groups attached to an aromatic ring is 1. The summed E-state index contributed by atoms with van der Waals surface area (Å²) in [6.45, 7) is 5.86. The molecule has 2 unspecified atom stereocenters. The third kappa shape index (κ3) is 2.77. The van der Waals surface area contributed by atoms with Crippen LogP contribution in [-0.2, 0) is 4.74 Å². The number of rotatable bonds is 3. The zero-order valence-electron chi connectivity index (χ0n) is 11.7. The number of anilines is 2. The minimum atomic E-state index is 0.232. The first kappa shape index (κ1) is 14.1. The van der Waals surface area contributed by atoms with Crippen LogP contribution in [0.3, 0.4) is 0 Å². The number of nitrogens with two attached hydrogens (primary N) is 1. The number of hydrogen-bond acceptors (Lipinski definition) is 5. The van der Waals surface area contributed by atoms with E-state index in [1.54, 1.807) is 6.20 Å². The molecule has 0 aromatic carbocycles. The molecular formula is C14H21BrN4O. The van der Waals surface area contributed by atoms with E-state index in [2.05, 4.69) is 31.1 Å². The van der Waals surface area contributed by atoms with Crippen LogP contribution in [0, 0.1) is 6.92 Å². The zero-order chi connectivity index (χ0) is 14.1. The normalized spacial score (nSPS) is 26.5. The van der Waals surface area contributed by atoms with Crippen LogP contribution in [0.4, 0.5) is 11.5 Å². The van der Waals surface area contributed by atoms with Crippen LogP contribution in [0.15, 0.2) is 10.7 Å². The summed E-state index contributed by atoms with van der Waals surface area (Å²) in [5.74, 6) is 0.837. The molecule has 0 radical (unpaired) electrons. The Labute approximate surface area is 128 Å². The van der Waals surface area contributed by atoms with Crippen LogP contribution < -0.4 is 11.1 Å². The molecule has 110 valence electrons. The lowest BCUT2D eigenvalue weighted by molar-refractivity contribution is -0.0416. The first-order chi connectivity index (χ1) is 9.65. The Morgan fingerprint density at radius 3 is 3.30 bits per heavy atom. The molecular weight excluding hydrogens is 320 g/mol. The molecule has 6 heteroatoms. The summed E-state index contributed by atoms with van der Waals surface area (Å²) >= 11 is 3.54. The number of nitrogens with one attached hydrogen (secondary N) is 1. The first-order valence-corrected chi connectivity index (χ1v) is 7.94. The molecule has 0 bridgehead atoms. The molecule has 0 saturated carbocycles. The van der Waals surface area contributed by atoms with Crippen molar-refractivity contribution in [1.82, 2.24) is 9.88 Å². The van der Waals surface area contributed by atoms with Crippen LogP contribution in [0.5, 0.6) is 0 Å². The fraction of sp³-hybridized carbons (Fsp3) is 0.643. The maximum absolute atomic E-state index is 5.94. The molecule has 3 N–H and O–H groups in total. The van der Waals surface area contributed by atoms with Gasteiger partial charge in [-0.1, -0.05) is 0 Å². The van der Waals surface area contributed by atoms with Gasteiger partial charge in [-0.15, -0.1) is 0 Å². The summed E-state index contributed by atoms with van der Waals surface area (Å²) in [6.07, 6.45) is 4.51. The van der Waals surface area contributed by atoms with Crippen LogP contribution in [0.2, 0.25) is 0 Å².